The number of hydrogen-bond acceptors (Lipinski definition) is 3. The van der Waals surface area contributed by atoms with Gasteiger partial charge in [-0.25, -0.2) is 0 Å². The first-order valence-corrected chi connectivity index (χ1v) is 6.69. The molecule has 2 aromatic rings. The third kappa shape index (κ3) is 2.74. The van der Waals surface area contributed by atoms with Crippen LogP contribution in [0.15, 0.2) is 28.7 Å². The summed E-state index contributed by atoms with van der Waals surface area (Å²) < 4.78 is 10.9. The Morgan fingerprint density at radius 3 is 3.11 bits per heavy atom. The summed E-state index contributed by atoms with van der Waals surface area (Å²) in [5.74, 6) is 0.0816. The van der Waals surface area contributed by atoms with Crippen molar-refractivity contribution >= 4 is 28.5 Å². The van der Waals surface area contributed by atoms with Gasteiger partial charge < -0.3 is 14.5 Å². The molecule has 0 radical (unpaired) electrons. The summed E-state index contributed by atoms with van der Waals surface area (Å²) in [6.07, 6.45) is 2.18. The number of benzene rings is 1. The number of amides is 1. The lowest BCUT2D eigenvalue weighted by Crippen LogP contribution is -2.31. The van der Waals surface area contributed by atoms with Gasteiger partial charge in [-0.05, 0) is 37.1 Å². The molecule has 100 valence electrons. The second kappa shape index (κ2) is 5.23. The van der Waals surface area contributed by atoms with Crippen molar-refractivity contribution in [2.24, 2.45) is 0 Å². The van der Waals surface area contributed by atoms with Crippen molar-refractivity contribution in [3.05, 3.63) is 35.0 Å². The average molecular weight is 280 g/mol. The van der Waals surface area contributed by atoms with Gasteiger partial charge in [-0.2, -0.15) is 0 Å². The van der Waals surface area contributed by atoms with Crippen LogP contribution in [-0.2, 0) is 4.74 Å². The lowest BCUT2D eigenvalue weighted by atomic mass is 10.2. The van der Waals surface area contributed by atoms with Gasteiger partial charge in [0.1, 0.15) is 5.58 Å². The topological polar surface area (TPSA) is 51.5 Å². The summed E-state index contributed by atoms with van der Waals surface area (Å²) in [5.41, 5.74) is 0.659. The highest BCUT2D eigenvalue weighted by Gasteiger charge is 2.18. The van der Waals surface area contributed by atoms with E-state index in [4.69, 9.17) is 20.8 Å². The van der Waals surface area contributed by atoms with E-state index in [0.29, 0.717) is 22.9 Å². The largest absolute Gasteiger partial charge is 0.451 e. The lowest BCUT2D eigenvalue weighted by molar-refractivity contribution is 0.0837. The van der Waals surface area contributed by atoms with E-state index < -0.39 is 0 Å². The molecular weight excluding hydrogens is 266 g/mol. The molecule has 1 aliphatic heterocycles. The second-order valence-electron chi connectivity index (χ2n) is 4.64. The second-order valence-corrected chi connectivity index (χ2v) is 5.07. The van der Waals surface area contributed by atoms with Crippen molar-refractivity contribution in [3.8, 4) is 0 Å². The molecule has 3 rings (SSSR count). The summed E-state index contributed by atoms with van der Waals surface area (Å²) in [7, 11) is 0. The minimum Gasteiger partial charge on any atom is -0.451 e. The van der Waals surface area contributed by atoms with Crippen LogP contribution in [0.25, 0.3) is 11.0 Å². The third-order valence-corrected chi connectivity index (χ3v) is 3.45. The molecule has 1 fully saturated rings. The van der Waals surface area contributed by atoms with Gasteiger partial charge in [-0.15, -0.1) is 0 Å². The van der Waals surface area contributed by atoms with Crippen LogP contribution in [0.4, 0.5) is 0 Å². The zero-order valence-electron chi connectivity index (χ0n) is 10.3. The van der Waals surface area contributed by atoms with E-state index in [1.165, 1.54) is 0 Å². The minimum atomic E-state index is -0.220. The van der Waals surface area contributed by atoms with Gasteiger partial charge in [0.25, 0.3) is 5.91 Å². The van der Waals surface area contributed by atoms with Crippen LogP contribution in [0.3, 0.4) is 0 Å². The number of nitrogens with one attached hydrogen (secondary N) is 1. The first-order chi connectivity index (χ1) is 9.22. The van der Waals surface area contributed by atoms with Gasteiger partial charge in [0.05, 0.1) is 6.10 Å². The monoisotopic (exact) mass is 279 g/mol. The zero-order valence-corrected chi connectivity index (χ0v) is 11.1. The summed E-state index contributed by atoms with van der Waals surface area (Å²) in [6, 6.07) is 6.97. The molecule has 1 aliphatic rings. The molecule has 0 spiro atoms. The number of hydrogen-bond donors (Lipinski definition) is 1. The zero-order chi connectivity index (χ0) is 13.2. The molecule has 0 unspecified atom stereocenters. The van der Waals surface area contributed by atoms with Gasteiger partial charge in [0.15, 0.2) is 5.76 Å². The fourth-order valence-corrected chi connectivity index (χ4v) is 2.41. The maximum absolute atomic E-state index is 12.0. The third-order valence-electron chi connectivity index (χ3n) is 3.22. The van der Waals surface area contributed by atoms with Crippen LogP contribution >= 0.6 is 11.6 Å². The van der Waals surface area contributed by atoms with Crippen molar-refractivity contribution in [1.82, 2.24) is 5.32 Å². The van der Waals surface area contributed by atoms with Crippen molar-refractivity contribution in [1.29, 1.82) is 0 Å². The Labute approximate surface area is 115 Å². The number of fused-ring (bicyclic) bond motifs is 1. The number of rotatable bonds is 3. The van der Waals surface area contributed by atoms with Crippen LogP contribution in [0.2, 0.25) is 5.02 Å². The van der Waals surface area contributed by atoms with Gasteiger partial charge in [-0.1, -0.05) is 11.6 Å². The Morgan fingerprint density at radius 1 is 1.42 bits per heavy atom. The van der Waals surface area contributed by atoms with Gasteiger partial charge in [-0.3, -0.25) is 4.79 Å². The minimum absolute atomic E-state index is 0.128. The molecule has 1 aromatic heterocycles. The van der Waals surface area contributed by atoms with Crippen LogP contribution in [0, 0.1) is 0 Å². The fourth-order valence-electron chi connectivity index (χ4n) is 2.23. The number of carbonyl (C=O) groups is 1. The summed E-state index contributed by atoms with van der Waals surface area (Å²) in [4.78, 5) is 12.0. The Bertz CT molecular complexity index is 602. The predicted molar refractivity (Wildman–Crippen MR) is 72.5 cm³/mol. The van der Waals surface area contributed by atoms with E-state index in [-0.39, 0.29) is 12.0 Å². The van der Waals surface area contributed by atoms with E-state index in [0.717, 1.165) is 24.8 Å². The molecule has 1 saturated heterocycles. The number of ether oxygens (including phenoxy) is 1. The van der Waals surface area contributed by atoms with E-state index in [1.807, 2.05) is 0 Å². The maximum Gasteiger partial charge on any atom is 0.287 e. The molecule has 0 bridgehead atoms. The lowest BCUT2D eigenvalue weighted by Gasteiger charge is -2.09. The predicted octanol–water partition coefficient (Wildman–Crippen LogP) is 3.00. The Balaban J connectivity index is 1.70. The normalized spacial score (nSPS) is 18.9. The van der Waals surface area contributed by atoms with Gasteiger partial charge in [0.2, 0.25) is 0 Å². The molecule has 2 heterocycles. The highest BCUT2D eigenvalue weighted by Crippen LogP contribution is 2.23. The van der Waals surface area contributed by atoms with Crippen LogP contribution in [0.1, 0.15) is 23.4 Å². The molecule has 1 amide bonds. The molecule has 4 nitrogen and oxygen atoms in total. The molecule has 0 saturated carbocycles. The summed E-state index contributed by atoms with van der Waals surface area (Å²) >= 11 is 5.90. The molecule has 1 N–H and O–H groups in total. The Morgan fingerprint density at radius 2 is 2.32 bits per heavy atom. The van der Waals surface area contributed by atoms with Gasteiger partial charge >= 0.3 is 0 Å². The van der Waals surface area contributed by atoms with Crippen molar-refractivity contribution < 1.29 is 13.9 Å². The Kier molecular flexibility index (Phi) is 3.44. The van der Waals surface area contributed by atoms with Crippen molar-refractivity contribution in [2.75, 3.05) is 13.2 Å². The van der Waals surface area contributed by atoms with Crippen molar-refractivity contribution in [3.63, 3.8) is 0 Å². The Hall–Kier alpha value is -1.52. The fraction of sp³-hybridized carbons (Fsp3) is 0.357. The standard InChI is InChI=1S/C14H14ClNO3/c15-10-3-4-12-9(6-10)7-13(19-12)14(17)16-8-11-2-1-5-18-11/h3-4,6-7,11H,1-2,5,8H2,(H,16,17)/t11-/m1/s1. The summed E-state index contributed by atoms with van der Waals surface area (Å²) in [6.45, 7) is 1.31. The van der Waals surface area contributed by atoms with E-state index >= 15 is 0 Å². The maximum atomic E-state index is 12.0. The van der Waals surface area contributed by atoms with E-state index in [2.05, 4.69) is 5.32 Å². The van der Waals surface area contributed by atoms with Gasteiger partial charge in [0, 0.05) is 23.6 Å². The first-order valence-electron chi connectivity index (χ1n) is 6.31. The van der Waals surface area contributed by atoms with Crippen LogP contribution < -0.4 is 5.32 Å². The SMILES string of the molecule is O=C(NC[C@H]1CCCO1)c1cc2cc(Cl)ccc2o1. The summed E-state index contributed by atoms with van der Waals surface area (Å²) in [5, 5.41) is 4.28. The smallest absolute Gasteiger partial charge is 0.287 e. The van der Waals surface area contributed by atoms with Crippen molar-refractivity contribution in [2.45, 2.75) is 18.9 Å². The molecule has 1 atom stereocenters. The highest BCUT2D eigenvalue weighted by atomic mass is 35.5. The quantitative estimate of drug-likeness (QED) is 0.940. The van der Waals surface area contributed by atoms with E-state index in [1.54, 1.807) is 24.3 Å². The number of carbonyl (C=O) groups excluding carboxylic acids is 1. The average Bonchev–Trinajstić information content (AvgIpc) is 3.04. The molecule has 0 aliphatic carbocycles. The number of furan rings is 1. The molecule has 1 aromatic carbocycles. The van der Waals surface area contributed by atoms with E-state index in [9.17, 15) is 4.79 Å². The van der Waals surface area contributed by atoms with Crippen LogP contribution in [-0.4, -0.2) is 25.2 Å². The van der Waals surface area contributed by atoms with Crippen LogP contribution in [0.5, 0.6) is 0 Å². The molecular formula is C14H14ClNO3. The molecule has 19 heavy (non-hydrogen) atoms. The number of halogens is 1. The first kappa shape index (κ1) is 12.5. The molecule has 5 heteroatoms. The highest BCUT2D eigenvalue weighted by molar-refractivity contribution is 6.31.